The van der Waals surface area contributed by atoms with E-state index in [0.717, 1.165) is 22.9 Å². The maximum Gasteiger partial charge on any atom is 0.239 e. The third-order valence-electron chi connectivity index (χ3n) is 5.07. The zero-order valence-electron chi connectivity index (χ0n) is 18.2. The van der Waals surface area contributed by atoms with Crippen LogP contribution in [0.15, 0.2) is 47.6 Å². The van der Waals surface area contributed by atoms with Gasteiger partial charge in [-0.3, -0.25) is 14.2 Å². The summed E-state index contributed by atoms with van der Waals surface area (Å²) < 4.78 is 7.10. The van der Waals surface area contributed by atoms with Crippen LogP contribution in [0.3, 0.4) is 0 Å². The Morgan fingerprint density at radius 2 is 2.03 bits per heavy atom. The third-order valence-corrected chi connectivity index (χ3v) is 6.30. The zero-order chi connectivity index (χ0) is 23.4. The summed E-state index contributed by atoms with van der Waals surface area (Å²) in [5, 5.41) is 15.1. The Kier molecular flexibility index (Phi) is 7.05. The van der Waals surface area contributed by atoms with Crippen molar-refractivity contribution in [1.82, 2.24) is 20.1 Å². The van der Waals surface area contributed by atoms with Gasteiger partial charge in [-0.15, -0.1) is 10.2 Å². The van der Waals surface area contributed by atoms with Crippen molar-refractivity contribution in [2.24, 2.45) is 0 Å². The molecule has 4 rings (SSSR count). The number of benzene rings is 2. The summed E-state index contributed by atoms with van der Waals surface area (Å²) in [7, 11) is 1.62. The van der Waals surface area contributed by atoms with Crippen molar-refractivity contribution in [3.05, 3.63) is 53.3 Å². The number of halogens is 1. The molecule has 1 fully saturated rings. The predicted molar refractivity (Wildman–Crippen MR) is 129 cm³/mol. The summed E-state index contributed by atoms with van der Waals surface area (Å²) in [6.07, 6.45) is 0. The van der Waals surface area contributed by atoms with Crippen LogP contribution >= 0.6 is 23.4 Å². The van der Waals surface area contributed by atoms with Gasteiger partial charge < -0.3 is 20.3 Å². The molecule has 33 heavy (non-hydrogen) atoms. The number of rotatable bonds is 7. The van der Waals surface area contributed by atoms with Gasteiger partial charge in [-0.25, -0.2) is 0 Å². The Balaban J connectivity index is 1.39. The van der Waals surface area contributed by atoms with Crippen LogP contribution in [0.5, 0.6) is 5.75 Å². The van der Waals surface area contributed by atoms with Crippen molar-refractivity contribution >= 4 is 46.6 Å². The van der Waals surface area contributed by atoms with E-state index in [1.807, 2.05) is 46.7 Å². The third kappa shape index (κ3) is 5.40. The van der Waals surface area contributed by atoms with Crippen molar-refractivity contribution < 1.29 is 14.3 Å². The van der Waals surface area contributed by atoms with Crippen LogP contribution in [-0.4, -0.2) is 59.1 Å². The summed E-state index contributed by atoms with van der Waals surface area (Å²) in [4.78, 5) is 26.1. The second-order valence-corrected chi connectivity index (χ2v) is 8.69. The summed E-state index contributed by atoms with van der Waals surface area (Å²) in [6.45, 7) is 3.38. The Hall–Kier alpha value is -3.24. The van der Waals surface area contributed by atoms with Crippen molar-refractivity contribution in [3.63, 3.8) is 0 Å². The van der Waals surface area contributed by atoms with Crippen LogP contribution in [0.4, 0.5) is 11.4 Å². The number of aromatic nitrogens is 3. The van der Waals surface area contributed by atoms with E-state index >= 15 is 0 Å². The molecule has 11 heteroatoms. The minimum absolute atomic E-state index is 0.0375. The summed E-state index contributed by atoms with van der Waals surface area (Å²) >= 11 is 7.71. The molecular weight excluding hydrogens is 464 g/mol. The largest absolute Gasteiger partial charge is 0.497 e. The van der Waals surface area contributed by atoms with E-state index in [2.05, 4.69) is 20.8 Å². The molecule has 1 aliphatic heterocycles. The highest BCUT2D eigenvalue weighted by atomic mass is 35.5. The fourth-order valence-corrected chi connectivity index (χ4v) is 4.58. The molecule has 0 atom stereocenters. The first-order valence-electron chi connectivity index (χ1n) is 10.2. The van der Waals surface area contributed by atoms with Crippen molar-refractivity contribution in [1.29, 1.82) is 0 Å². The van der Waals surface area contributed by atoms with Crippen LogP contribution in [0.2, 0.25) is 5.02 Å². The first-order chi connectivity index (χ1) is 15.9. The minimum atomic E-state index is -0.192. The molecule has 9 nitrogen and oxygen atoms in total. The van der Waals surface area contributed by atoms with Crippen LogP contribution in [0, 0.1) is 6.92 Å². The Labute approximate surface area is 200 Å². The molecule has 2 N–H and O–H groups in total. The fraction of sp³-hybridized carbons (Fsp3) is 0.273. The molecule has 2 heterocycles. The highest BCUT2D eigenvalue weighted by Gasteiger charge is 2.19. The highest BCUT2D eigenvalue weighted by molar-refractivity contribution is 7.99. The first kappa shape index (κ1) is 22.9. The molecule has 0 saturated carbocycles. The summed E-state index contributed by atoms with van der Waals surface area (Å²) in [6, 6.07) is 12.8. The van der Waals surface area contributed by atoms with E-state index in [9.17, 15) is 9.59 Å². The number of carbonyl (C=O) groups excluding carboxylic acids is 2. The van der Waals surface area contributed by atoms with Crippen LogP contribution in [0.25, 0.3) is 5.69 Å². The Morgan fingerprint density at radius 3 is 2.73 bits per heavy atom. The number of anilines is 2. The first-order valence-corrected chi connectivity index (χ1v) is 11.6. The lowest BCUT2D eigenvalue weighted by atomic mass is 10.2. The number of amides is 2. The standard InChI is InChI=1S/C22H23ClN6O3S/c1-14-26-27-22(29(14)16-4-6-17(32-2)7-5-16)33-13-21(31)25-15-3-8-19(18(23)11-15)28-10-9-24-20(30)12-28/h3-8,11H,9-10,12-13H2,1-2H3,(H,24,30)(H,25,31). The lowest BCUT2D eigenvalue weighted by Crippen LogP contribution is -2.47. The lowest BCUT2D eigenvalue weighted by molar-refractivity contribution is -0.120. The topological polar surface area (TPSA) is 101 Å². The average molecular weight is 487 g/mol. The number of nitrogens with zero attached hydrogens (tertiary/aromatic N) is 4. The zero-order valence-corrected chi connectivity index (χ0v) is 19.7. The van der Waals surface area contributed by atoms with Crippen molar-refractivity contribution in [3.8, 4) is 11.4 Å². The summed E-state index contributed by atoms with van der Waals surface area (Å²) in [5.74, 6) is 1.40. The second-order valence-electron chi connectivity index (χ2n) is 7.34. The molecular formula is C22H23ClN6O3S. The monoisotopic (exact) mass is 486 g/mol. The predicted octanol–water partition coefficient (Wildman–Crippen LogP) is 2.90. The number of carbonyl (C=O) groups is 2. The molecule has 2 aromatic carbocycles. The minimum Gasteiger partial charge on any atom is -0.497 e. The lowest BCUT2D eigenvalue weighted by Gasteiger charge is -2.29. The number of hydrogen-bond acceptors (Lipinski definition) is 7. The van der Waals surface area contributed by atoms with Crippen LogP contribution in [0.1, 0.15) is 5.82 Å². The molecule has 3 aromatic rings. The molecule has 1 aliphatic rings. The smallest absolute Gasteiger partial charge is 0.239 e. The van der Waals surface area contributed by atoms with Gasteiger partial charge in [-0.1, -0.05) is 23.4 Å². The molecule has 0 aliphatic carbocycles. The molecule has 172 valence electrons. The second kappa shape index (κ2) is 10.1. The van der Waals surface area contributed by atoms with Gasteiger partial charge in [-0.2, -0.15) is 0 Å². The number of methoxy groups -OCH3 is 1. The van der Waals surface area contributed by atoms with Gasteiger partial charge in [0.2, 0.25) is 11.8 Å². The maximum absolute atomic E-state index is 12.6. The fourth-order valence-electron chi connectivity index (χ4n) is 3.48. The van der Waals surface area contributed by atoms with E-state index < -0.39 is 0 Å². The van der Waals surface area contributed by atoms with Crippen molar-refractivity contribution in [2.45, 2.75) is 12.1 Å². The quantitative estimate of drug-likeness (QED) is 0.495. The number of ether oxygens (including phenoxy) is 1. The van der Waals surface area contributed by atoms with Gasteiger partial charge in [0, 0.05) is 24.5 Å². The van der Waals surface area contributed by atoms with E-state index in [1.54, 1.807) is 19.2 Å². The van der Waals surface area contributed by atoms with E-state index in [4.69, 9.17) is 16.3 Å². The highest BCUT2D eigenvalue weighted by Crippen LogP contribution is 2.30. The molecule has 0 bridgehead atoms. The molecule has 0 unspecified atom stereocenters. The molecule has 1 aromatic heterocycles. The van der Waals surface area contributed by atoms with Gasteiger partial charge in [0.1, 0.15) is 11.6 Å². The SMILES string of the molecule is COc1ccc(-n2c(C)nnc2SCC(=O)Nc2ccc(N3CCNC(=O)C3)c(Cl)c2)cc1. The Bertz CT molecular complexity index is 1170. The number of aryl methyl sites for hydroxylation is 1. The van der Waals surface area contributed by atoms with Gasteiger partial charge >= 0.3 is 0 Å². The van der Waals surface area contributed by atoms with Gasteiger partial charge in [-0.05, 0) is 49.4 Å². The molecule has 0 radical (unpaired) electrons. The van der Waals surface area contributed by atoms with E-state index in [1.165, 1.54) is 11.8 Å². The van der Waals surface area contributed by atoms with Crippen molar-refractivity contribution in [2.75, 3.05) is 42.7 Å². The number of thioether (sulfide) groups is 1. The molecule has 1 saturated heterocycles. The van der Waals surface area contributed by atoms with Crippen LogP contribution < -0.4 is 20.3 Å². The molecule has 0 spiro atoms. The van der Waals surface area contributed by atoms with Gasteiger partial charge in [0.05, 0.1) is 30.1 Å². The number of nitrogens with one attached hydrogen (secondary N) is 2. The number of piperazine rings is 1. The molecule has 2 amide bonds. The summed E-state index contributed by atoms with van der Waals surface area (Å²) in [5.41, 5.74) is 2.24. The number of hydrogen-bond donors (Lipinski definition) is 2. The van der Waals surface area contributed by atoms with Gasteiger partial charge in [0.25, 0.3) is 0 Å². The normalized spacial score (nSPS) is 13.5. The van der Waals surface area contributed by atoms with E-state index in [-0.39, 0.29) is 24.1 Å². The average Bonchev–Trinajstić information content (AvgIpc) is 3.18. The van der Waals surface area contributed by atoms with E-state index in [0.29, 0.717) is 29.0 Å². The Morgan fingerprint density at radius 1 is 1.24 bits per heavy atom. The van der Waals surface area contributed by atoms with Gasteiger partial charge in [0.15, 0.2) is 5.16 Å². The maximum atomic E-state index is 12.6. The van der Waals surface area contributed by atoms with Crippen LogP contribution in [-0.2, 0) is 9.59 Å².